The summed E-state index contributed by atoms with van der Waals surface area (Å²) >= 11 is 1.54. The van der Waals surface area contributed by atoms with Gasteiger partial charge in [0.05, 0.1) is 11.4 Å². The summed E-state index contributed by atoms with van der Waals surface area (Å²) in [6.45, 7) is 1.70. The third-order valence-electron chi connectivity index (χ3n) is 5.37. The molecule has 24 heavy (non-hydrogen) atoms. The number of nitrogens with two attached hydrogens (primary N) is 1. The molecule has 0 spiro atoms. The number of likely N-dealkylation sites (tertiary alicyclic amines) is 1. The van der Waals surface area contributed by atoms with E-state index < -0.39 is 0 Å². The second kappa shape index (κ2) is 6.94. The number of benzene rings is 1. The van der Waals surface area contributed by atoms with Crippen LogP contribution in [0.3, 0.4) is 0 Å². The third kappa shape index (κ3) is 3.03. The summed E-state index contributed by atoms with van der Waals surface area (Å²) in [5, 5.41) is 0. The Morgan fingerprint density at radius 1 is 1.25 bits per heavy atom. The van der Waals surface area contributed by atoms with Gasteiger partial charge in [0.15, 0.2) is 0 Å². The van der Waals surface area contributed by atoms with E-state index in [4.69, 9.17) is 5.73 Å². The maximum atomic E-state index is 12.7. The molecule has 2 fully saturated rings. The summed E-state index contributed by atoms with van der Waals surface area (Å²) in [5.41, 5.74) is 7.01. The number of para-hydroxylation sites is 1. The van der Waals surface area contributed by atoms with Crippen LogP contribution in [0.2, 0.25) is 0 Å². The van der Waals surface area contributed by atoms with Crippen LogP contribution in [0.15, 0.2) is 29.2 Å². The molecule has 2 N–H and O–H groups in total. The summed E-state index contributed by atoms with van der Waals surface area (Å²) in [6, 6.07) is 8.02. The highest BCUT2D eigenvalue weighted by atomic mass is 35.5. The minimum absolute atomic E-state index is 0. The Labute approximate surface area is 152 Å². The smallest absolute Gasteiger partial charge is 0.242 e. The third-order valence-corrected chi connectivity index (χ3v) is 6.41. The first-order valence-corrected chi connectivity index (χ1v) is 9.17. The van der Waals surface area contributed by atoms with Gasteiger partial charge >= 0.3 is 0 Å². The van der Waals surface area contributed by atoms with Crippen LogP contribution < -0.4 is 10.6 Å². The number of amides is 2. The predicted octanol–water partition coefficient (Wildman–Crippen LogP) is 1.74. The summed E-state index contributed by atoms with van der Waals surface area (Å²) in [5.74, 6) is 1.45. The fourth-order valence-corrected chi connectivity index (χ4v) is 5.01. The molecule has 3 unspecified atom stereocenters. The van der Waals surface area contributed by atoms with Crippen LogP contribution in [-0.2, 0) is 9.59 Å². The number of anilines is 1. The number of nitrogens with zero attached hydrogens (tertiary/aromatic N) is 2. The molecule has 130 valence electrons. The molecule has 1 saturated carbocycles. The molecule has 7 heteroatoms. The summed E-state index contributed by atoms with van der Waals surface area (Å²) in [6.07, 6.45) is 2.20. The molecule has 5 nitrogen and oxygen atoms in total. The van der Waals surface area contributed by atoms with Crippen molar-refractivity contribution in [2.24, 2.45) is 17.6 Å². The summed E-state index contributed by atoms with van der Waals surface area (Å²) in [4.78, 5) is 29.6. The van der Waals surface area contributed by atoms with Crippen molar-refractivity contribution >= 4 is 41.7 Å². The molecular weight excluding hydrogens is 346 g/mol. The van der Waals surface area contributed by atoms with Crippen molar-refractivity contribution in [2.45, 2.75) is 23.8 Å². The van der Waals surface area contributed by atoms with Crippen molar-refractivity contribution in [2.75, 3.05) is 30.3 Å². The molecule has 2 amide bonds. The van der Waals surface area contributed by atoms with Crippen LogP contribution in [0.25, 0.3) is 0 Å². The van der Waals surface area contributed by atoms with Crippen LogP contribution in [0.1, 0.15) is 12.8 Å². The number of carbonyl (C=O) groups excluding carboxylic acids is 2. The van der Waals surface area contributed by atoms with Gasteiger partial charge in [0.25, 0.3) is 0 Å². The minimum atomic E-state index is 0. The van der Waals surface area contributed by atoms with Crippen molar-refractivity contribution < 1.29 is 9.59 Å². The zero-order valence-electron chi connectivity index (χ0n) is 13.4. The highest BCUT2D eigenvalue weighted by Crippen LogP contribution is 2.38. The maximum absolute atomic E-state index is 12.7. The predicted molar refractivity (Wildman–Crippen MR) is 97.5 cm³/mol. The first kappa shape index (κ1) is 17.6. The van der Waals surface area contributed by atoms with E-state index in [1.165, 1.54) is 0 Å². The van der Waals surface area contributed by atoms with Crippen LogP contribution in [0, 0.1) is 11.8 Å². The van der Waals surface area contributed by atoms with E-state index in [9.17, 15) is 9.59 Å². The number of thioether (sulfide) groups is 1. The van der Waals surface area contributed by atoms with Crippen molar-refractivity contribution in [3.63, 3.8) is 0 Å². The lowest BCUT2D eigenvalue weighted by atomic mass is 9.98. The highest BCUT2D eigenvalue weighted by molar-refractivity contribution is 8.00. The molecule has 3 atom stereocenters. The number of halogens is 1. The second-order valence-electron chi connectivity index (χ2n) is 6.70. The number of hydrogen-bond donors (Lipinski definition) is 1. The molecule has 1 aromatic rings. The fourth-order valence-electron chi connectivity index (χ4n) is 4.07. The van der Waals surface area contributed by atoms with Crippen LogP contribution in [0.4, 0.5) is 5.69 Å². The molecule has 0 bridgehead atoms. The van der Waals surface area contributed by atoms with E-state index in [1.807, 2.05) is 29.2 Å². The summed E-state index contributed by atoms with van der Waals surface area (Å²) < 4.78 is 0. The van der Waals surface area contributed by atoms with Crippen molar-refractivity contribution in [3.05, 3.63) is 24.3 Å². The van der Waals surface area contributed by atoms with Crippen molar-refractivity contribution in [3.8, 4) is 0 Å². The first-order chi connectivity index (χ1) is 11.1. The molecule has 1 saturated heterocycles. The number of rotatable bonds is 2. The van der Waals surface area contributed by atoms with E-state index >= 15 is 0 Å². The Morgan fingerprint density at radius 2 is 2.04 bits per heavy atom. The normalized spacial score (nSPS) is 28.4. The van der Waals surface area contributed by atoms with Gasteiger partial charge in [0.2, 0.25) is 11.8 Å². The lowest BCUT2D eigenvalue weighted by Gasteiger charge is -2.30. The fraction of sp³-hybridized carbons (Fsp3) is 0.529. The molecule has 0 aromatic heterocycles. The zero-order chi connectivity index (χ0) is 16.0. The average molecular weight is 368 g/mol. The number of carbonyl (C=O) groups is 2. The Morgan fingerprint density at radius 3 is 2.83 bits per heavy atom. The van der Waals surface area contributed by atoms with E-state index in [-0.39, 0.29) is 36.8 Å². The Kier molecular flexibility index (Phi) is 5.08. The van der Waals surface area contributed by atoms with Gasteiger partial charge in [-0.3, -0.25) is 9.59 Å². The molecule has 0 radical (unpaired) electrons. The lowest BCUT2D eigenvalue weighted by Crippen LogP contribution is -2.45. The van der Waals surface area contributed by atoms with Crippen LogP contribution in [0.5, 0.6) is 0 Å². The average Bonchev–Trinajstić information content (AvgIpc) is 3.13. The Balaban J connectivity index is 0.00000169. The Hall–Kier alpha value is -1.24. The van der Waals surface area contributed by atoms with E-state index in [0.29, 0.717) is 17.6 Å². The van der Waals surface area contributed by atoms with E-state index in [2.05, 4.69) is 0 Å². The van der Waals surface area contributed by atoms with E-state index in [1.54, 1.807) is 16.7 Å². The van der Waals surface area contributed by atoms with Gasteiger partial charge in [-0.15, -0.1) is 24.2 Å². The number of hydrogen-bond acceptors (Lipinski definition) is 4. The molecule has 1 aliphatic carbocycles. The van der Waals surface area contributed by atoms with Gasteiger partial charge in [0.1, 0.15) is 6.54 Å². The molecule has 2 heterocycles. The van der Waals surface area contributed by atoms with E-state index in [0.717, 1.165) is 36.5 Å². The first-order valence-electron chi connectivity index (χ1n) is 8.19. The highest BCUT2D eigenvalue weighted by Gasteiger charge is 2.43. The van der Waals surface area contributed by atoms with Gasteiger partial charge in [-0.2, -0.15) is 0 Å². The standard InChI is InChI=1S/C17H21N3O2S.ClH/c18-13-6-5-11-7-19(8-12(11)13)16(21)9-20-14-3-1-2-4-15(14)23-10-17(20)22;/h1-4,11-13H,5-10,18H2;1H. The number of fused-ring (bicyclic) bond motifs is 2. The van der Waals surface area contributed by atoms with Crippen molar-refractivity contribution in [1.82, 2.24) is 4.90 Å². The topological polar surface area (TPSA) is 66.6 Å². The lowest BCUT2D eigenvalue weighted by molar-refractivity contribution is -0.130. The second-order valence-corrected chi connectivity index (χ2v) is 7.72. The van der Waals surface area contributed by atoms with Gasteiger partial charge in [0, 0.05) is 24.0 Å². The molecular formula is C17H22ClN3O2S. The maximum Gasteiger partial charge on any atom is 0.242 e. The molecule has 4 rings (SSSR count). The van der Waals surface area contributed by atoms with Crippen molar-refractivity contribution in [1.29, 1.82) is 0 Å². The van der Waals surface area contributed by atoms with Gasteiger partial charge in [-0.1, -0.05) is 12.1 Å². The van der Waals surface area contributed by atoms with Gasteiger partial charge in [-0.05, 0) is 36.8 Å². The molecule has 1 aromatic carbocycles. The molecule has 2 aliphatic heterocycles. The van der Waals surface area contributed by atoms with Crippen LogP contribution in [-0.4, -0.2) is 48.1 Å². The SMILES string of the molecule is Cl.NC1CCC2CN(C(=O)CN3C(=O)CSc4ccccc43)CC12. The monoisotopic (exact) mass is 367 g/mol. The summed E-state index contributed by atoms with van der Waals surface area (Å²) in [7, 11) is 0. The largest absolute Gasteiger partial charge is 0.341 e. The molecule has 3 aliphatic rings. The Bertz CT molecular complexity index is 656. The quantitative estimate of drug-likeness (QED) is 0.864. The van der Waals surface area contributed by atoms with Gasteiger partial charge in [-0.25, -0.2) is 0 Å². The minimum Gasteiger partial charge on any atom is -0.341 e. The van der Waals surface area contributed by atoms with Gasteiger partial charge < -0.3 is 15.5 Å². The van der Waals surface area contributed by atoms with Crippen LogP contribution >= 0.6 is 24.2 Å². The zero-order valence-corrected chi connectivity index (χ0v) is 15.0.